The quantitative estimate of drug-likeness (QED) is 0.469. The van der Waals surface area contributed by atoms with Crippen LogP contribution < -0.4 is 0 Å². The van der Waals surface area contributed by atoms with Gasteiger partial charge in [-0.3, -0.25) is 0 Å². The molecule has 1 aliphatic rings. The Bertz CT molecular complexity index is 167. The summed E-state index contributed by atoms with van der Waals surface area (Å²) in [4.78, 5) is 0. The molecule has 0 saturated heterocycles. The fourth-order valence-corrected chi connectivity index (χ4v) is 4.63. The van der Waals surface area contributed by atoms with Crippen molar-refractivity contribution in [2.75, 3.05) is 14.2 Å². The van der Waals surface area contributed by atoms with Gasteiger partial charge in [-0.1, -0.05) is 11.1 Å². The van der Waals surface area contributed by atoms with Crippen LogP contribution in [0.2, 0.25) is 12.1 Å². The third kappa shape index (κ3) is 1.55. The Balaban J connectivity index is 2.69. The lowest BCUT2D eigenvalue weighted by molar-refractivity contribution is 0.250. The third-order valence-corrected chi connectivity index (χ3v) is 6.17. The largest absolute Gasteiger partial charge is 0.397 e. The van der Waals surface area contributed by atoms with E-state index < -0.39 is 8.56 Å². The molecule has 0 fully saturated rings. The molecule has 0 unspecified atom stereocenters. The summed E-state index contributed by atoms with van der Waals surface area (Å²) < 4.78 is 10.9. The smallest absolute Gasteiger partial charge is 0.345 e. The molecule has 0 aromatic carbocycles. The molecule has 11 heavy (non-hydrogen) atoms. The zero-order valence-electron chi connectivity index (χ0n) is 7.73. The van der Waals surface area contributed by atoms with Gasteiger partial charge in [0.1, 0.15) is 0 Å². The van der Waals surface area contributed by atoms with Crippen molar-refractivity contribution in [3.8, 4) is 0 Å². The van der Waals surface area contributed by atoms with E-state index in [0.717, 1.165) is 12.1 Å². The summed E-state index contributed by atoms with van der Waals surface area (Å²) in [6.07, 6.45) is 0. The van der Waals surface area contributed by atoms with Crippen LogP contribution in [0.1, 0.15) is 13.8 Å². The second kappa shape index (κ2) is 3.09. The van der Waals surface area contributed by atoms with E-state index in [1.807, 2.05) is 0 Å². The molecule has 1 heterocycles. The second-order valence-electron chi connectivity index (χ2n) is 3.23. The highest BCUT2D eigenvalue weighted by Gasteiger charge is 2.40. The molecule has 1 rings (SSSR count). The van der Waals surface area contributed by atoms with Gasteiger partial charge in [0, 0.05) is 26.3 Å². The molecule has 0 spiro atoms. The molecule has 2 nitrogen and oxygen atoms in total. The van der Waals surface area contributed by atoms with Crippen molar-refractivity contribution in [3.63, 3.8) is 0 Å². The molecular formula is C8H16O2Si. The van der Waals surface area contributed by atoms with Crippen molar-refractivity contribution in [1.29, 1.82) is 0 Å². The van der Waals surface area contributed by atoms with Gasteiger partial charge in [0.15, 0.2) is 0 Å². The van der Waals surface area contributed by atoms with Crippen LogP contribution in [0.3, 0.4) is 0 Å². The Morgan fingerprint density at radius 2 is 1.36 bits per heavy atom. The predicted molar refractivity (Wildman–Crippen MR) is 47.8 cm³/mol. The van der Waals surface area contributed by atoms with Gasteiger partial charge in [0.2, 0.25) is 0 Å². The Morgan fingerprint density at radius 1 is 1.00 bits per heavy atom. The lowest BCUT2D eigenvalue weighted by Crippen LogP contribution is -2.37. The first-order chi connectivity index (χ1) is 5.13. The molecule has 0 bridgehead atoms. The normalized spacial score (nSPS) is 22.9. The maximum Gasteiger partial charge on any atom is 0.345 e. The zero-order valence-corrected chi connectivity index (χ0v) is 8.73. The summed E-state index contributed by atoms with van der Waals surface area (Å²) in [5.74, 6) is 0. The summed E-state index contributed by atoms with van der Waals surface area (Å²) in [5, 5.41) is 0. The van der Waals surface area contributed by atoms with Crippen molar-refractivity contribution < 1.29 is 8.85 Å². The third-order valence-electron chi connectivity index (χ3n) is 2.54. The molecule has 3 heteroatoms. The fourth-order valence-electron chi connectivity index (χ4n) is 1.54. The fraction of sp³-hybridized carbons (Fsp3) is 0.750. The highest BCUT2D eigenvalue weighted by molar-refractivity contribution is 6.69. The van der Waals surface area contributed by atoms with E-state index in [1.54, 1.807) is 14.2 Å². The Morgan fingerprint density at radius 3 is 1.55 bits per heavy atom. The van der Waals surface area contributed by atoms with Gasteiger partial charge in [-0.15, -0.1) is 0 Å². The Labute approximate surface area is 69.5 Å². The standard InChI is InChI=1S/C8H16O2Si/c1-7-5-11(9-3,10-4)6-8(7)2/h5-6H2,1-4H3. The first kappa shape index (κ1) is 8.97. The van der Waals surface area contributed by atoms with Crippen molar-refractivity contribution in [3.05, 3.63) is 11.1 Å². The first-order valence-electron chi connectivity index (χ1n) is 3.89. The lowest BCUT2D eigenvalue weighted by Gasteiger charge is -2.21. The van der Waals surface area contributed by atoms with E-state index in [-0.39, 0.29) is 0 Å². The molecule has 1 aliphatic heterocycles. The SMILES string of the molecule is CO[Si]1(OC)CC(C)=C(C)C1. The molecule has 0 aromatic rings. The number of rotatable bonds is 2. The van der Waals surface area contributed by atoms with E-state index in [2.05, 4.69) is 13.8 Å². The summed E-state index contributed by atoms with van der Waals surface area (Å²) >= 11 is 0. The molecule has 0 radical (unpaired) electrons. The average molecular weight is 172 g/mol. The molecule has 64 valence electrons. The average Bonchev–Trinajstić information content (AvgIpc) is 2.29. The van der Waals surface area contributed by atoms with E-state index in [9.17, 15) is 0 Å². The minimum absolute atomic E-state index is 1.05. The molecule has 0 N–H and O–H groups in total. The van der Waals surface area contributed by atoms with Gasteiger partial charge >= 0.3 is 8.56 Å². The number of hydrogen-bond acceptors (Lipinski definition) is 2. The van der Waals surface area contributed by atoms with Crippen LogP contribution in [0, 0.1) is 0 Å². The van der Waals surface area contributed by atoms with Gasteiger partial charge in [0.25, 0.3) is 0 Å². The van der Waals surface area contributed by atoms with Crippen LogP contribution in [-0.4, -0.2) is 22.8 Å². The van der Waals surface area contributed by atoms with Crippen molar-refractivity contribution in [2.24, 2.45) is 0 Å². The topological polar surface area (TPSA) is 18.5 Å². The minimum Gasteiger partial charge on any atom is -0.397 e. The predicted octanol–water partition coefficient (Wildman–Crippen LogP) is 2.07. The van der Waals surface area contributed by atoms with Gasteiger partial charge in [0.05, 0.1) is 0 Å². The second-order valence-corrected chi connectivity index (χ2v) is 6.58. The van der Waals surface area contributed by atoms with Crippen LogP contribution in [0.5, 0.6) is 0 Å². The monoisotopic (exact) mass is 172 g/mol. The Kier molecular flexibility index (Phi) is 2.52. The Hall–Kier alpha value is -0.123. The van der Waals surface area contributed by atoms with Gasteiger partial charge in [-0.25, -0.2) is 0 Å². The minimum atomic E-state index is -1.78. The van der Waals surface area contributed by atoms with Gasteiger partial charge in [-0.2, -0.15) is 0 Å². The first-order valence-corrected chi connectivity index (χ1v) is 6.12. The zero-order chi connectivity index (χ0) is 8.48. The van der Waals surface area contributed by atoms with Crippen LogP contribution in [0.15, 0.2) is 11.1 Å². The highest BCUT2D eigenvalue weighted by atomic mass is 28.4. The summed E-state index contributed by atoms with van der Waals surface area (Å²) in [6.45, 7) is 4.34. The van der Waals surface area contributed by atoms with Crippen LogP contribution in [0.25, 0.3) is 0 Å². The van der Waals surface area contributed by atoms with E-state index >= 15 is 0 Å². The summed E-state index contributed by atoms with van der Waals surface area (Å²) in [6, 6.07) is 2.09. The molecule has 0 saturated carbocycles. The molecular weight excluding hydrogens is 156 g/mol. The number of allylic oxidation sites excluding steroid dienone is 2. The van der Waals surface area contributed by atoms with Crippen LogP contribution in [0.4, 0.5) is 0 Å². The van der Waals surface area contributed by atoms with Crippen LogP contribution >= 0.6 is 0 Å². The van der Waals surface area contributed by atoms with Crippen molar-refractivity contribution >= 4 is 8.56 Å². The van der Waals surface area contributed by atoms with E-state index in [4.69, 9.17) is 8.85 Å². The molecule has 0 atom stereocenters. The lowest BCUT2D eigenvalue weighted by atomic mass is 10.2. The van der Waals surface area contributed by atoms with Crippen molar-refractivity contribution in [2.45, 2.75) is 25.9 Å². The molecule has 0 amide bonds. The van der Waals surface area contributed by atoms with Gasteiger partial charge in [-0.05, 0) is 13.8 Å². The summed E-state index contributed by atoms with van der Waals surface area (Å²) in [7, 11) is 1.75. The maximum absolute atomic E-state index is 5.46. The maximum atomic E-state index is 5.46. The molecule has 0 aromatic heterocycles. The van der Waals surface area contributed by atoms with Gasteiger partial charge < -0.3 is 8.85 Å². The van der Waals surface area contributed by atoms with Crippen molar-refractivity contribution in [1.82, 2.24) is 0 Å². The van der Waals surface area contributed by atoms with Crippen LogP contribution in [-0.2, 0) is 8.85 Å². The number of hydrogen-bond donors (Lipinski definition) is 0. The summed E-state index contributed by atoms with van der Waals surface area (Å²) in [5.41, 5.74) is 2.92. The molecule has 0 aliphatic carbocycles. The van der Waals surface area contributed by atoms with E-state index in [0.29, 0.717) is 0 Å². The highest BCUT2D eigenvalue weighted by Crippen LogP contribution is 2.35. The van der Waals surface area contributed by atoms with E-state index in [1.165, 1.54) is 11.1 Å².